The van der Waals surface area contributed by atoms with E-state index in [4.69, 9.17) is 0 Å². The Bertz CT molecular complexity index is 260. The van der Waals surface area contributed by atoms with Gasteiger partial charge in [0.15, 0.2) is 0 Å². The van der Waals surface area contributed by atoms with E-state index in [1.54, 1.807) is 0 Å². The van der Waals surface area contributed by atoms with Gasteiger partial charge < -0.3 is 20.8 Å². The van der Waals surface area contributed by atoms with Crippen molar-refractivity contribution in [3.63, 3.8) is 0 Å². The minimum Gasteiger partial charge on any atom is -0.391 e. The first-order valence-electron chi connectivity index (χ1n) is 7.58. The fraction of sp³-hybridized carbons (Fsp3) is 1.00. The second-order valence-electron chi connectivity index (χ2n) is 6.35. The van der Waals surface area contributed by atoms with Gasteiger partial charge in [-0.2, -0.15) is 0 Å². The third-order valence-corrected chi connectivity index (χ3v) is 4.73. The molecule has 4 atom stereocenters. The van der Waals surface area contributed by atoms with Crippen molar-refractivity contribution in [3.8, 4) is 0 Å². The summed E-state index contributed by atoms with van der Waals surface area (Å²) in [4.78, 5) is 0. The van der Waals surface area contributed by atoms with Gasteiger partial charge in [0.2, 0.25) is 0 Å². The van der Waals surface area contributed by atoms with E-state index >= 15 is 0 Å². The Kier molecular flexibility index (Phi) is 7.53. The molecular formula is C14H28Cl2N2O2. The zero-order valence-electron chi connectivity index (χ0n) is 11.8. The molecule has 4 nitrogen and oxygen atoms in total. The smallest absolute Gasteiger partial charge is 0.0708 e. The van der Waals surface area contributed by atoms with Crippen molar-refractivity contribution in [1.29, 1.82) is 0 Å². The average molecular weight is 327 g/mol. The topological polar surface area (TPSA) is 64.5 Å². The Labute approximate surface area is 133 Å². The monoisotopic (exact) mass is 326 g/mol. The fourth-order valence-electron chi connectivity index (χ4n) is 3.30. The lowest BCUT2D eigenvalue weighted by Crippen LogP contribution is -2.31. The molecule has 0 spiro atoms. The Balaban J connectivity index is 0.000000182. The van der Waals surface area contributed by atoms with Crippen LogP contribution in [0.25, 0.3) is 0 Å². The van der Waals surface area contributed by atoms with Gasteiger partial charge in [0, 0.05) is 12.1 Å². The van der Waals surface area contributed by atoms with E-state index in [1.165, 1.54) is 25.7 Å². The highest BCUT2D eigenvalue weighted by molar-refractivity contribution is 5.85. The normalized spacial score (nSPS) is 39.3. The van der Waals surface area contributed by atoms with Crippen LogP contribution in [0, 0.1) is 11.8 Å². The molecule has 2 saturated carbocycles. The molecule has 0 amide bonds. The molecular weight excluding hydrogens is 299 g/mol. The molecule has 4 N–H and O–H groups in total. The largest absolute Gasteiger partial charge is 0.391 e. The molecule has 0 bridgehead atoms. The highest BCUT2D eigenvalue weighted by Gasteiger charge is 2.38. The number of nitrogens with one attached hydrogen (secondary N) is 2. The van der Waals surface area contributed by atoms with Crippen molar-refractivity contribution in [1.82, 2.24) is 10.6 Å². The molecule has 2 heterocycles. The number of aliphatic hydroxyl groups excluding tert-OH is 2. The lowest BCUT2D eigenvalue weighted by atomic mass is 10.1. The van der Waals surface area contributed by atoms with E-state index in [-0.39, 0.29) is 37.0 Å². The van der Waals surface area contributed by atoms with Gasteiger partial charge in [-0.05, 0) is 63.5 Å². The number of aliphatic hydroxyl groups is 2. The summed E-state index contributed by atoms with van der Waals surface area (Å²) in [6.45, 7) is 2.03. The Morgan fingerprint density at radius 3 is 1.15 bits per heavy atom. The van der Waals surface area contributed by atoms with Gasteiger partial charge in [-0.25, -0.2) is 0 Å². The standard InChI is InChI=1S/2C7H13NO.2ClH/c2*9-6-3-4-8-7(6)5-1-2-5;;/h2*5-9H,1-4H2;2*1H/t2*6-,7-;;/m10../s1. The van der Waals surface area contributed by atoms with Gasteiger partial charge in [-0.15, -0.1) is 24.8 Å². The summed E-state index contributed by atoms with van der Waals surface area (Å²) in [7, 11) is 0. The first kappa shape index (κ1) is 18.5. The van der Waals surface area contributed by atoms with Crippen LogP contribution in [0.4, 0.5) is 0 Å². The van der Waals surface area contributed by atoms with Crippen LogP contribution in [0.2, 0.25) is 0 Å². The summed E-state index contributed by atoms with van der Waals surface area (Å²) in [5.41, 5.74) is 0. The molecule has 0 aromatic heterocycles. The van der Waals surface area contributed by atoms with E-state index in [0.29, 0.717) is 12.1 Å². The Morgan fingerprint density at radius 1 is 0.600 bits per heavy atom. The number of hydrogen-bond donors (Lipinski definition) is 4. The van der Waals surface area contributed by atoms with Crippen LogP contribution in [0.5, 0.6) is 0 Å². The molecule has 0 aromatic carbocycles. The van der Waals surface area contributed by atoms with Gasteiger partial charge in [-0.3, -0.25) is 0 Å². The highest BCUT2D eigenvalue weighted by atomic mass is 35.5. The van der Waals surface area contributed by atoms with Crippen LogP contribution >= 0.6 is 24.8 Å². The SMILES string of the molecule is Cl.Cl.O[C@@H]1CCN[C@@H]1C1CC1.O[C@H]1CCN[C@H]1C1CC1. The second-order valence-corrected chi connectivity index (χ2v) is 6.35. The van der Waals surface area contributed by atoms with Crippen LogP contribution in [-0.2, 0) is 0 Å². The lowest BCUT2D eigenvalue weighted by Gasteiger charge is -2.12. The van der Waals surface area contributed by atoms with E-state index in [1.807, 2.05) is 0 Å². The molecule has 4 rings (SSSR count). The maximum Gasteiger partial charge on any atom is 0.0708 e. The molecule has 0 unspecified atom stereocenters. The third-order valence-electron chi connectivity index (χ3n) is 4.73. The predicted molar refractivity (Wildman–Crippen MR) is 84.8 cm³/mol. The minimum atomic E-state index is -0.0440. The van der Waals surface area contributed by atoms with Crippen molar-refractivity contribution in [2.45, 2.75) is 62.8 Å². The summed E-state index contributed by atoms with van der Waals surface area (Å²) in [6, 6.07) is 0.898. The zero-order chi connectivity index (χ0) is 12.5. The first-order valence-corrected chi connectivity index (χ1v) is 7.58. The summed E-state index contributed by atoms with van der Waals surface area (Å²) in [5, 5.41) is 25.3. The van der Waals surface area contributed by atoms with Crippen molar-refractivity contribution < 1.29 is 10.2 Å². The van der Waals surface area contributed by atoms with E-state index in [9.17, 15) is 10.2 Å². The van der Waals surface area contributed by atoms with Crippen LogP contribution in [0.1, 0.15) is 38.5 Å². The molecule has 4 aliphatic rings. The number of halogens is 2. The highest BCUT2D eigenvalue weighted by Crippen LogP contribution is 2.36. The van der Waals surface area contributed by atoms with Gasteiger partial charge in [-0.1, -0.05) is 0 Å². The van der Waals surface area contributed by atoms with Gasteiger partial charge in [0.05, 0.1) is 12.2 Å². The molecule has 20 heavy (non-hydrogen) atoms. The number of hydrogen-bond acceptors (Lipinski definition) is 4. The van der Waals surface area contributed by atoms with Gasteiger partial charge >= 0.3 is 0 Å². The molecule has 120 valence electrons. The second kappa shape index (κ2) is 8.16. The quantitative estimate of drug-likeness (QED) is 0.613. The molecule has 2 saturated heterocycles. The summed E-state index contributed by atoms with van der Waals surface area (Å²) in [5.74, 6) is 1.62. The van der Waals surface area contributed by atoms with Crippen LogP contribution in [0.3, 0.4) is 0 Å². The van der Waals surface area contributed by atoms with Crippen molar-refractivity contribution in [3.05, 3.63) is 0 Å². The number of rotatable bonds is 2. The molecule has 2 aliphatic carbocycles. The van der Waals surface area contributed by atoms with Gasteiger partial charge in [0.1, 0.15) is 0 Å². The average Bonchev–Trinajstić information content (AvgIpc) is 3.29. The van der Waals surface area contributed by atoms with Crippen molar-refractivity contribution in [2.75, 3.05) is 13.1 Å². The maximum absolute atomic E-state index is 9.34. The van der Waals surface area contributed by atoms with E-state index < -0.39 is 0 Å². The molecule has 2 aliphatic heterocycles. The van der Waals surface area contributed by atoms with Crippen LogP contribution < -0.4 is 10.6 Å². The minimum absolute atomic E-state index is 0. The van der Waals surface area contributed by atoms with E-state index in [0.717, 1.165) is 37.8 Å². The maximum atomic E-state index is 9.34. The fourth-order valence-corrected chi connectivity index (χ4v) is 3.30. The van der Waals surface area contributed by atoms with Crippen molar-refractivity contribution in [2.24, 2.45) is 11.8 Å². The predicted octanol–water partition coefficient (Wildman–Crippen LogP) is 1.08. The third kappa shape index (κ3) is 4.72. The lowest BCUT2D eigenvalue weighted by molar-refractivity contribution is 0.150. The summed E-state index contributed by atoms with van der Waals surface area (Å²) < 4.78 is 0. The Hall–Kier alpha value is 0.420. The van der Waals surface area contributed by atoms with Gasteiger partial charge in [0.25, 0.3) is 0 Å². The van der Waals surface area contributed by atoms with Crippen LogP contribution in [-0.4, -0.2) is 47.6 Å². The van der Waals surface area contributed by atoms with Crippen LogP contribution in [0.15, 0.2) is 0 Å². The summed E-state index contributed by atoms with van der Waals surface area (Å²) in [6.07, 6.45) is 7.14. The first-order chi connectivity index (χ1) is 8.75. The Morgan fingerprint density at radius 2 is 0.950 bits per heavy atom. The van der Waals surface area contributed by atoms with Crippen molar-refractivity contribution >= 4 is 24.8 Å². The zero-order valence-corrected chi connectivity index (χ0v) is 13.5. The van der Waals surface area contributed by atoms with E-state index in [2.05, 4.69) is 10.6 Å². The summed E-state index contributed by atoms with van der Waals surface area (Å²) >= 11 is 0. The molecule has 0 radical (unpaired) electrons. The molecule has 6 heteroatoms. The molecule has 0 aromatic rings. The molecule has 4 fully saturated rings.